The molecule has 3 N–H and O–H groups in total. The molecule has 0 spiro atoms. The molecule has 0 fully saturated rings. The summed E-state index contributed by atoms with van der Waals surface area (Å²) in [4.78, 5) is 11.8. The summed E-state index contributed by atoms with van der Waals surface area (Å²) in [5.74, 6) is -0.394. The van der Waals surface area contributed by atoms with Crippen molar-refractivity contribution < 1.29 is 9.53 Å². The lowest BCUT2D eigenvalue weighted by atomic mass is 10.1. The average Bonchev–Trinajstić information content (AvgIpc) is 2.48. The molecule has 0 aliphatic carbocycles. The molecule has 0 amide bonds. The van der Waals surface area contributed by atoms with E-state index in [4.69, 9.17) is 10.5 Å². The fourth-order valence-electron chi connectivity index (χ4n) is 2.11. The van der Waals surface area contributed by atoms with Crippen molar-refractivity contribution in [2.24, 2.45) is 0 Å². The lowest BCUT2D eigenvalue weighted by Crippen LogP contribution is -2.11. The maximum Gasteiger partial charge on any atom is 0.340 e. The summed E-state index contributed by atoms with van der Waals surface area (Å²) in [6.45, 7) is 4.83. The Kier molecular flexibility index (Phi) is 4.82. The zero-order valence-electron chi connectivity index (χ0n) is 12.3. The van der Waals surface area contributed by atoms with Gasteiger partial charge in [0.25, 0.3) is 0 Å². The number of rotatable bonds is 5. The van der Waals surface area contributed by atoms with Crippen LogP contribution in [0, 0.1) is 6.92 Å². The van der Waals surface area contributed by atoms with Crippen molar-refractivity contribution >= 4 is 17.3 Å². The third-order valence-corrected chi connectivity index (χ3v) is 3.33. The second kappa shape index (κ2) is 6.79. The number of aryl methyl sites for hydroxylation is 1. The van der Waals surface area contributed by atoms with E-state index in [0.717, 1.165) is 5.69 Å². The summed E-state index contributed by atoms with van der Waals surface area (Å²) in [6, 6.07) is 13.5. The first-order valence-electron chi connectivity index (χ1n) is 6.97. The van der Waals surface area contributed by atoms with Gasteiger partial charge in [0.15, 0.2) is 0 Å². The fourth-order valence-corrected chi connectivity index (χ4v) is 2.11. The van der Waals surface area contributed by atoms with Crippen molar-refractivity contribution in [2.45, 2.75) is 20.4 Å². The Bertz CT molecular complexity index is 638. The van der Waals surface area contributed by atoms with Gasteiger partial charge in [-0.25, -0.2) is 4.79 Å². The molecule has 0 aliphatic rings. The van der Waals surface area contributed by atoms with Crippen LogP contribution in [0.15, 0.2) is 42.5 Å². The zero-order valence-corrected chi connectivity index (χ0v) is 12.3. The van der Waals surface area contributed by atoms with E-state index in [0.29, 0.717) is 24.4 Å². The molecule has 4 heteroatoms. The van der Waals surface area contributed by atoms with E-state index >= 15 is 0 Å². The minimum absolute atomic E-state index is 0.332. The van der Waals surface area contributed by atoms with Crippen LogP contribution in [0.1, 0.15) is 28.4 Å². The maximum atomic E-state index is 11.8. The Morgan fingerprint density at radius 2 is 1.95 bits per heavy atom. The van der Waals surface area contributed by atoms with Crippen LogP contribution in [-0.2, 0) is 11.3 Å². The van der Waals surface area contributed by atoms with Crippen LogP contribution in [0.3, 0.4) is 0 Å². The van der Waals surface area contributed by atoms with E-state index in [-0.39, 0.29) is 0 Å². The highest BCUT2D eigenvalue weighted by Gasteiger charge is 2.13. The minimum atomic E-state index is -0.394. The second-order valence-electron chi connectivity index (χ2n) is 4.77. The van der Waals surface area contributed by atoms with Crippen LogP contribution >= 0.6 is 0 Å². The lowest BCUT2D eigenvalue weighted by Gasteiger charge is -2.13. The molecule has 21 heavy (non-hydrogen) atoms. The number of carbonyl (C=O) groups is 1. The van der Waals surface area contributed by atoms with Crippen LogP contribution in [0.4, 0.5) is 11.4 Å². The summed E-state index contributed by atoms with van der Waals surface area (Å²) >= 11 is 0. The number of benzene rings is 2. The highest BCUT2D eigenvalue weighted by molar-refractivity contribution is 5.98. The number of hydrogen-bond acceptors (Lipinski definition) is 4. The first-order valence-corrected chi connectivity index (χ1v) is 6.97. The van der Waals surface area contributed by atoms with Crippen molar-refractivity contribution in [2.75, 3.05) is 17.7 Å². The molecule has 0 heterocycles. The fraction of sp³-hybridized carbons (Fsp3) is 0.235. The van der Waals surface area contributed by atoms with Crippen LogP contribution in [0.5, 0.6) is 0 Å². The molecule has 0 bridgehead atoms. The highest BCUT2D eigenvalue weighted by atomic mass is 16.5. The number of nitrogen functional groups attached to an aromatic ring is 1. The van der Waals surface area contributed by atoms with Gasteiger partial charge in [-0.05, 0) is 37.1 Å². The van der Waals surface area contributed by atoms with Crippen LogP contribution < -0.4 is 11.1 Å². The predicted octanol–water partition coefficient (Wildman–Crippen LogP) is 3.37. The molecule has 0 aliphatic heterocycles. The third-order valence-electron chi connectivity index (χ3n) is 3.33. The quantitative estimate of drug-likeness (QED) is 0.652. The van der Waals surface area contributed by atoms with E-state index in [2.05, 4.69) is 24.4 Å². The Morgan fingerprint density at radius 1 is 1.19 bits per heavy atom. The standard InChI is InChI=1S/C17H20N2O2/c1-3-21-17(20)14-9-6-10-15(16(14)18)19-11-13-8-5-4-7-12(13)2/h4-10,19H,3,11,18H2,1-2H3. The van der Waals surface area contributed by atoms with Crippen LogP contribution in [-0.4, -0.2) is 12.6 Å². The zero-order chi connectivity index (χ0) is 15.2. The predicted molar refractivity (Wildman–Crippen MR) is 85.3 cm³/mol. The molecule has 2 aromatic rings. The number of ether oxygens (including phenoxy) is 1. The number of carbonyl (C=O) groups excluding carboxylic acids is 1. The smallest absolute Gasteiger partial charge is 0.340 e. The molecule has 4 nitrogen and oxygen atoms in total. The summed E-state index contributed by atoms with van der Waals surface area (Å²) < 4.78 is 5.00. The maximum absolute atomic E-state index is 11.8. The molecule has 2 rings (SSSR count). The van der Waals surface area contributed by atoms with Crippen molar-refractivity contribution in [1.29, 1.82) is 0 Å². The molecule has 2 aromatic carbocycles. The van der Waals surface area contributed by atoms with Crippen LogP contribution in [0.25, 0.3) is 0 Å². The third kappa shape index (κ3) is 3.54. The van der Waals surface area contributed by atoms with Gasteiger partial charge >= 0.3 is 5.97 Å². The summed E-state index contributed by atoms with van der Waals surface area (Å²) in [7, 11) is 0. The van der Waals surface area contributed by atoms with E-state index in [1.807, 2.05) is 18.2 Å². The van der Waals surface area contributed by atoms with Crippen molar-refractivity contribution in [1.82, 2.24) is 0 Å². The Morgan fingerprint density at radius 3 is 2.67 bits per heavy atom. The van der Waals surface area contributed by atoms with Crippen molar-refractivity contribution in [3.05, 3.63) is 59.2 Å². The van der Waals surface area contributed by atoms with E-state index < -0.39 is 5.97 Å². The molecule has 0 saturated heterocycles. The van der Waals surface area contributed by atoms with Crippen molar-refractivity contribution in [3.8, 4) is 0 Å². The topological polar surface area (TPSA) is 64.3 Å². The van der Waals surface area contributed by atoms with Gasteiger partial charge in [-0.2, -0.15) is 0 Å². The highest BCUT2D eigenvalue weighted by Crippen LogP contribution is 2.24. The van der Waals surface area contributed by atoms with Gasteiger partial charge in [0, 0.05) is 6.54 Å². The van der Waals surface area contributed by atoms with E-state index in [1.54, 1.807) is 19.1 Å². The Labute approximate surface area is 124 Å². The normalized spacial score (nSPS) is 10.2. The van der Waals surface area contributed by atoms with Crippen molar-refractivity contribution in [3.63, 3.8) is 0 Å². The van der Waals surface area contributed by atoms with E-state index in [1.165, 1.54) is 11.1 Å². The summed E-state index contributed by atoms with van der Waals surface area (Å²) in [5, 5.41) is 3.27. The van der Waals surface area contributed by atoms with Crippen LogP contribution in [0.2, 0.25) is 0 Å². The summed E-state index contributed by atoms with van der Waals surface area (Å²) in [6.07, 6.45) is 0. The first-order chi connectivity index (χ1) is 10.1. The van der Waals surface area contributed by atoms with Gasteiger partial charge in [0.1, 0.15) is 0 Å². The second-order valence-corrected chi connectivity index (χ2v) is 4.77. The van der Waals surface area contributed by atoms with Gasteiger partial charge in [-0.3, -0.25) is 0 Å². The molecule has 0 radical (unpaired) electrons. The Balaban J connectivity index is 2.16. The number of hydrogen-bond donors (Lipinski definition) is 2. The van der Waals surface area contributed by atoms with Gasteiger partial charge < -0.3 is 15.8 Å². The molecular weight excluding hydrogens is 264 g/mol. The number of nitrogens with two attached hydrogens (primary N) is 1. The SMILES string of the molecule is CCOC(=O)c1cccc(NCc2ccccc2C)c1N. The lowest BCUT2D eigenvalue weighted by molar-refractivity contribution is 0.0527. The van der Waals surface area contributed by atoms with Gasteiger partial charge in [-0.15, -0.1) is 0 Å². The first kappa shape index (κ1) is 14.9. The van der Waals surface area contributed by atoms with Gasteiger partial charge in [0.2, 0.25) is 0 Å². The van der Waals surface area contributed by atoms with Gasteiger partial charge in [-0.1, -0.05) is 30.3 Å². The molecule has 110 valence electrons. The van der Waals surface area contributed by atoms with Gasteiger partial charge in [0.05, 0.1) is 23.5 Å². The minimum Gasteiger partial charge on any atom is -0.462 e. The van der Waals surface area contributed by atoms with E-state index in [9.17, 15) is 4.79 Å². The molecule has 0 aromatic heterocycles. The Hall–Kier alpha value is -2.49. The average molecular weight is 284 g/mol. The molecular formula is C17H20N2O2. The molecule has 0 atom stereocenters. The number of esters is 1. The summed E-state index contributed by atoms with van der Waals surface area (Å²) in [5.41, 5.74) is 10.0. The molecule has 0 saturated carbocycles. The monoisotopic (exact) mass is 284 g/mol. The molecule has 0 unspecified atom stereocenters. The largest absolute Gasteiger partial charge is 0.462 e. The number of nitrogens with one attached hydrogen (secondary N) is 1. The number of para-hydroxylation sites is 1. The number of anilines is 2.